The van der Waals surface area contributed by atoms with Crippen LogP contribution in [0.2, 0.25) is 5.02 Å². The molecule has 0 bridgehead atoms. The van der Waals surface area contributed by atoms with Gasteiger partial charge >= 0.3 is 5.69 Å². The van der Waals surface area contributed by atoms with Gasteiger partial charge in [-0.2, -0.15) is 0 Å². The molecule has 1 aromatic heterocycles. The second-order valence-electron chi connectivity index (χ2n) is 8.31. The van der Waals surface area contributed by atoms with Crippen molar-refractivity contribution in [2.24, 2.45) is 0 Å². The summed E-state index contributed by atoms with van der Waals surface area (Å²) >= 11 is 6.47. The van der Waals surface area contributed by atoms with E-state index in [1.54, 1.807) is 6.07 Å². The molecule has 0 amide bonds. The van der Waals surface area contributed by atoms with Crippen molar-refractivity contribution in [2.75, 3.05) is 33.4 Å². The van der Waals surface area contributed by atoms with Gasteiger partial charge in [-0.25, -0.2) is 18.6 Å². The number of aromatic nitrogens is 2. The van der Waals surface area contributed by atoms with E-state index < -0.39 is 17.3 Å². The molecule has 2 aliphatic rings. The second-order valence-corrected chi connectivity index (χ2v) is 8.72. The Balaban J connectivity index is 1.55. The lowest BCUT2D eigenvalue weighted by molar-refractivity contribution is 0.0485. The fourth-order valence-electron chi connectivity index (χ4n) is 4.59. The number of rotatable bonds is 5. The Hall–Kier alpha value is -2.55. The zero-order chi connectivity index (χ0) is 22.4. The summed E-state index contributed by atoms with van der Waals surface area (Å²) < 4.78 is 41.6. The molecule has 9 heteroatoms. The molecule has 2 aliphatic heterocycles. The summed E-state index contributed by atoms with van der Waals surface area (Å²) in [6.45, 7) is 2.06. The summed E-state index contributed by atoms with van der Waals surface area (Å²) in [5.74, 6) is -1.17. The van der Waals surface area contributed by atoms with Crippen LogP contribution in [0.15, 0.2) is 35.3 Å². The molecule has 0 aliphatic carbocycles. The van der Waals surface area contributed by atoms with Crippen molar-refractivity contribution >= 4 is 22.5 Å². The molecule has 2 aromatic carbocycles. The lowest BCUT2D eigenvalue weighted by atomic mass is 10.0. The number of ether oxygens (including phenoxy) is 2. The molecule has 1 saturated heterocycles. The summed E-state index contributed by atoms with van der Waals surface area (Å²) in [4.78, 5) is 19.0. The molecule has 0 N–H and O–H groups in total. The van der Waals surface area contributed by atoms with E-state index in [0.29, 0.717) is 23.6 Å². The number of likely N-dealkylation sites (tertiary alicyclic amines) is 1. The first kappa shape index (κ1) is 21.3. The molecule has 168 valence electrons. The predicted molar refractivity (Wildman–Crippen MR) is 117 cm³/mol. The standard InChI is InChI=1S/C23H22ClF2N3O3/c1-28-6-2-3-15(28)10-31-11-16-12-32-22-20(17-5-4-14(25)8-19(17)26)18(24)7-13-9-27-23(30)29(16)21(13)22/h4-5,7-9,15-16H,2-3,6,10-12H2,1H3/t15-,16?/m1/s1. The van der Waals surface area contributed by atoms with Crippen LogP contribution in [-0.4, -0.2) is 53.9 Å². The Labute approximate surface area is 188 Å². The zero-order valence-electron chi connectivity index (χ0n) is 17.5. The first-order valence-electron chi connectivity index (χ1n) is 10.5. The lowest BCUT2D eigenvalue weighted by Gasteiger charge is -2.30. The molecule has 0 saturated carbocycles. The number of hydrogen-bond donors (Lipinski definition) is 0. The number of likely N-dealkylation sites (N-methyl/N-ethyl adjacent to an activating group) is 1. The van der Waals surface area contributed by atoms with Crippen molar-refractivity contribution in [3.63, 3.8) is 0 Å². The Morgan fingerprint density at radius 1 is 1.25 bits per heavy atom. The third-order valence-electron chi connectivity index (χ3n) is 6.28. The van der Waals surface area contributed by atoms with E-state index in [0.717, 1.165) is 31.5 Å². The predicted octanol–water partition coefficient (Wildman–Crippen LogP) is 4.04. The normalized spacial score (nSPS) is 20.6. The van der Waals surface area contributed by atoms with Crippen molar-refractivity contribution in [2.45, 2.75) is 24.9 Å². The number of halogens is 3. The van der Waals surface area contributed by atoms with Crippen LogP contribution < -0.4 is 10.4 Å². The maximum atomic E-state index is 14.6. The van der Waals surface area contributed by atoms with Crippen molar-refractivity contribution in [3.8, 4) is 16.9 Å². The molecule has 2 atom stereocenters. The molecular formula is C23H22ClF2N3O3. The van der Waals surface area contributed by atoms with Crippen LogP contribution in [0, 0.1) is 11.6 Å². The monoisotopic (exact) mass is 461 g/mol. The van der Waals surface area contributed by atoms with E-state index in [-0.39, 0.29) is 41.2 Å². The zero-order valence-corrected chi connectivity index (χ0v) is 18.2. The van der Waals surface area contributed by atoms with Gasteiger partial charge in [0.25, 0.3) is 0 Å². The number of nitrogens with zero attached hydrogens (tertiary/aromatic N) is 3. The van der Waals surface area contributed by atoms with Gasteiger partial charge in [-0.05, 0) is 44.6 Å². The highest BCUT2D eigenvalue weighted by Crippen LogP contribution is 2.45. The van der Waals surface area contributed by atoms with Gasteiger partial charge in [0.1, 0.15) is 18.2 Å². The van der Waals surface area contributed by atoms with E-state index in [2.05, 4.69) is 16.9 Å². The van der Waals surface area contributed by atoms with Crippen LogP contribution in [0.5, 0.6) is 5.75 Å². The first-order valence-corrected chi connectivity index (χ1v) is 10.9. The van der Waals surface area contributed by atoms with Gasteiger partial charge in [-0.15, -0.1) is 0 Å². The highest BCUT2D eigenvalue weighted by Gasteiger charge is 2.30. The number of benzene rings is 2. The molecule has 0 radical (unpaired) electrons. The smallest absolute Gasteiger partial charge is 0.348 e. The fourth-order valence-corrected chi connectivity index (χ4v) is 4.90. The van der Waals surface area contributed by atoms with Crippen LogP contribution in [0.4, 0.5) is 8.78 Å². The van der Waals surface area contributed by atoms with Crippen LogP contribution in [0.3, 0.4) is 0 Å². The minimum absolute atomic E-state index is 0.100. The lowest BCUT2D eigenvalue weighted by Crippen LogP contribution is -2.37. The molecule has 3 aromatic rings. The fraction of sp³-hybridized carbons (Fsp3) is 0.391. The van der Waals surface area contributed by atoms with Gasteiger partial charge in [0.2, 0.25) is 0 Å². The van der Waals surface area contributed by atoms with Gasteiger partial charge in [0, 0.05) is 34.8 Å². The third kappa shape index (κ3) is 3.66. The average Bonchev–Trinajstić information content (AvgIpc) is 3.17. The van der Waals surface area contributed by atoms with Gasteiger partial charge in [-0.3, -0.25) is 4.57 Å². The quantitative estimate of drug-likeness (QED) is 0.574. The molecule has 5 rings (SSSR count). The highest BCUT2D eigenvalue weighted by molar-refractivity contribution is 6.35. The van der Waals surface area contributed by atoms with Crippen LogP contribution in [0.25, 0.3) is 22.0 Å². The van der Waals surface area contributed by atoms with Gasteiger partial charge < -0.3 is 14.4 Å². The highest BCUT2D eigenvalue weighted by atomic mass is 35.5. The van der Waals surface area contributed by atoms with Gasteiger partial charge in [0.15, 0.2) is 5.75 Å². The maximum Gasteiger partial charge on any atom is 0.348 e. The minimum Gasteiger partial charge on any atom is -0.488 e. The van der Waals surface area contributed by atoms with E-state index in [4.69, 9.17) is 21.1 Å². The van der Waals surface area contributed by atoms with E-state index in [9.17, 15) is 13.6 Å². The summed E-state index contributed by atoms with van der Waals surface area (Å²) in [5.41, 5.74) is 0.415. The largest absolute Gasteiger partial charge is 0.488 e. The minimum atomic E-state index is -0.764. The van der Waals surface area contributed by atoms with Gasteiger partial charge in [0.05, 0.1) is 29.8 Å². The Kier molecular flexibility index (Phi) is 5.61. The van der Waals surface area contributed by atoms with Crippen molar-refractivity contribution in [1.29, 1.82) is 0 Å². The van der Waals surface area contributed by atoms with Crippen molar-refractivity contribution < 1.29 is 18.3 Å². The Morgan fingerprint density at radius 2 is 2.06 bits per heavy atom. The van der Waals surface area contributed by atoms with Crippen LogP contribution >= 0.6 is 11.6 Å². The van der Waals surface area contributed by atoms with E-state index in [1.165, 1.54) is 16.8 Å². The van der Waals surface area contributed by atoms with Crippen molar-refractivity contribution in [1.82, 2.24) is 14.5 Å². The van der Waals surface area contributed by atoms with Crippen molar-refractivity contribution in [3.05, 3.63) is 57.6 Å². The summed E-state index contributed by atoms with van der Waals surface area (Å²) in [6, 6.07) is 4.86. The van der Waals surface area contributed by atoms with Crippen LogP contribution in [0.1, 0.15) is 18.9 Å². The Morgan fingerprint density at radius 3 is 2.81 bits per heavy atom. The Bertz CT molecular complexity index is 1250. The third-order valence-corrected chi connectivity index (χ3v) is 6.57. The van der Waals surface area contributed by atoms with E-state index >= 15 is 0 Å². The molecular weight excluding hydrogens is 440 g/mol. The SMILES string of the molecule is CN1CCC[C@@H]1COCC1COc2c(-c3ccc(F)cc3F)c(Cl)cc3cnc(=O)n1c23. The maximum absolute atomic E-state index is 14.6. The summed E-state index contributed by atoms with van der Waals surface area (Å²) in [7, 11) is 2.08. The van der Waals surface area contributed by atoms with Gasteiger partial charge in [-0.1, -0.05) is 11.6 Å². The molecule has 32 heavy (non-hydrogen) atoms. The second kappa shape index (κ2) is 8.42. The van der Waals surface area contributed by atoms with Crippen LogP contribution in [-0.2, 0) is 4.74 Å². The molecule has 1 unspecified atom stereocenters. The molecule has 0 spiro atoms. The molecule has 1 fully saturated rings. The summed E-state index contributed by atoms with van der Waals surface area (Å²) in [5, 5.41) is 0.820. The van der Waals surface area contributed by atoms with E-state index in [1.807, 2.05) is 0 Å². The first-order chi connectivity index (χ1) is 15.4. The average molecular weight is 462 g/mol. The number of hydrogen-bond acceptors (Lipinski definition) is 5. The topological polar surface area (TPSA) is 56.6 Å². The molecule has 3 heterocycles. The summed E-state index contributed by atoms with van der Waals surface area (Å²) in [6.07, 6.45) is 3.66. The molecule has 6 nitrogen and oxygen atoms in total.